The summed E-state index contributed by atoms with van der Waals surface area (Å²) in [5, 5.41) is 22.2. The molecule has 2 aromatic heterocycles. The molecule has 1 amide bonds. The summed E-state index contributed by atoms with van der Waals surface area (Å²) in [6.07, 6.45) is 5.97. The quantitative estimate of drug-likeness (QED) is 0.414. The van der Waals surface area contributed by atoms with Crippen LogP contribution in [0, 0.1) is 6.92 Å². The van der Waals surface area contributed by atoms with E-state index in [1.54, 1.807) is 31.8 Å². The number of carbonyl (C=O) groups excluding carboxylic acids is 1. The van der Waals surface area contributed by atoms with Crippen LogP contribution in [-0.4, -0.2) is 43.8 Å². The van der Waals surface area contributed by atoms with Crippen LogP contribution in [0.1, 0.15) is 56.5 Å². The number of thioether (sulfide) groups is 1. The standard InChI is InChI=1S/C25H31N5O2S/c1-6-16(3)33-22-12-20(27-14-25(4,5)32)23-26-13-21(30(23)29-22)17-7-10-19(15(2)11-17)24(31)28-18-8-9-18/h6-7,10-13,18,27,32H,8-9,14H2,1-5H3,(H,28,31). The molecule has 0 aliphatic heterocycles. The van der Waals surface area contributed by atoms with Gasteiger partial charge in [0, 0.05) is 23.7 Å². The number of anilines is 1. The molecule has 1 aromatic carbocycles. The highest BCUT2D eigenvalue weighted by atomic mass is 32.2. The van der Waals surface area contributed by atoms with Gasteiger partial charge in [0.1, 0.15) is 5.03 Å². The number of nitrogens with zero attached hydrogens (tertiary/aromatic N) is 3. The summed E-state index contributed by atoms with van der Waals surface area (Å²) < 4.78 is 1.83. The molecule has 0 atom stereocenters. The topological polar surface area (TPSA) is 91.5 Å². The molecule has 174 valence electrons. The molecule has 4 rings (SSSR count). The van der Waals surface area contributed by atoms with Crippen molar-refractivity contribution in [1.82, 2.24) is 19.9 Å². The number of hydrogen-bond acceptors (Lipinski definition) is 6. The average molecular weight is 466 g/mol. The Morgan fingerprint density at radius 3 is 2.73 bits per heavy atom. The summed E-state index contributed by atoms with van der Waals surface area (Å²) >= 11 is 1.58. The van der Waals surface area contributed by atoms with Crippen LogP contribution in [0.5, 0.6) is 0 Å². The van der Waals surface area contributed by atoms with E-state index in [4.69, 9.17) is 5.10 Å². The monoisotopic (exact) mass is 465 g/mol. The first-order chi connectivity index (χ1) is 15.6. The van der Waals surface area contributed by atoms with Gasteiger partial charge in [0.05, 0.1) is 23.2 Å². The van der Waals surface area contributed by atoms with Gasteiger partial charge in [-0.1, -0.05) is 23.9 Å². The Morgan fingerprint density at radius 2 is 2.09 bits per heavy atom. The lowest BCUT2D eigenvalue weighted by atomic mass is 10.0. The fourth-order valence-electron chi connectivity index (χ4n) is 3.43. The minimum absolute atomic E-state index is 0.0172. The molecule has 3 aromatic rings. The number of aromatic nitrogens is 3. The number of fused-ring (bicyclic) bond motifs is 1. The Bertz CT molecular complexity index is 1220. The number of rotatable bonds is 8. The van der Waals surface area contributed by atoms with E-state index in [0.717, 1.165) is 45.3 Å². The third-order valence-corrected chi connectivity index (χ3v) is 6.47. The van der Waals surface area contributed by atoms with Crippen LogP contribution < -0.4 is 10.6 Å². The molecule has 33 heavy (non-hydrogen) atoms. The van der Waals surface area contributed by atoms with Gasteiger partial charge in [0.2, 0.25) is 0 Å². The molecule has 8 heteroatoms. The summed E-state index contributed by atoms with van der Waals surface area (Å²) in [6, 6.07) is 8.12. The second kappa shape index (κ2) is 9.19. The van der Waals surface area contributed by atoms with E-state index in [0.29, 0.717) is 23.8 Å². The van der Waals surface area contributed by atoms with Crippen molar-refractivity contribution in [3.63, 3.8) is 0 Å². The highest BCUT2D eigenvalue weighted by Crippen LogP contribution is 2.31. The van der Waals surface area contributed by atoms with Crippen LogP contribution in [0.4, 0.5) is 5.69 Å². The second-order valence-electron chi connectivity index (χ2n) is 9.22. The number of amides is 1. The Balaban J connectivity index is 1.73. The zero-order valence-corrected chi connectivity index (χ0v) is 20.6. The van der Waals surface area contributed by atoms with E-state index in [1.165, 1.54) is 0 Å². The van der Waals surface area contributed by atoms with E-state index >= 15 is 0 Å². The van der Waals surface area contributed by atoms with Gasteiger partial charge in [-0.05, 0) is 76.1 Å². The summed E-state index contributed by atoms with van der Waals surface area (Å²) in [4.78, 5) is 18.3. The van der Waals surface area contributed by atoms with Gasteiger partial charge >= 0.3 is 0 Å². The smallest absolute Gasteiger partial charge is 0.251 e. The third-order valence-electron chi connectivity index (χ3n) is 5.51. The van der Waals surface area contributed by atoms with E-state index in [9.17, 15) is 9.90 Å². The van der Waals surface area contributed by atoms with Crippen molar-refractivity contribution in [2.75, 3.05) is 11.9 Å². The molecule has 1 aliphatic rings. The van der Waals surface area contributed by atoms with Crippen LogP contribution in [0.25, 0.3) is 16.9 Å². The highest BCUT2D eigenvalue weighted by Gasteiger charge is 2.24. The first-order valence-corrected chi connectivity index (χ1v) is 12.0. The molecule has 0 bridgehead atoms. The fraction of sp³-hybridized carbons (Fsp3) is 0.400. The number of aryl methyl sites for hydroxylation is 1. The van der Waals surface area contributed by atoms with Crippen molar-refractivity contribution >= 4 is 29.0 Å². The Morgan fingerprint density at radius 1 is 1.33 bits per heavy atom. The van der Waals surface area contributed by atoms with Crippen molar-refractivity contribution in [3.05, 3.63) is 52.6 Å². The minimum Gasteiger partial charge on any atom is -0.389 e. The van der Waals surface area contributed by atoms with Gasteiger partial charge in [0.15, 0.2) is 5.65 Å². The number of nitrogens with one attached hydrogen (secondary N) is 2. The van der Waals surface area contributed by atoms with Gasteiger partial charge in [-0.3, -0.25) is 4.79 Å². The molecular weight excluding hydrogens is 434 g/mol. The number of aliphatic hydroxyl groups is 1. The van der Waals surface area contributed by atoms with Gasteiger partial charge in [-0.15, -0.1) is 0 Å². The number of hydrogen-bond donors (Lipinski definition) is 3. The Hall–Kier alpha value is -2.84. The first kappa shape index (κ1) is 23.3. The summed E-state index contributed by atoms with van der Waals surface area (Å²) in [5.74, 6) is -0.0172. The molecule has 3 N–H and O–H groups in total. The maximum Gasteiger partial charge on any atom is 0.251 e. The molecule has 0 unspecified atom stereocenters. The Labute approximate surface area is 198 Å². The van der Waals surface area contributed by atoms with Crippen LogP contribution in [0.3, 0.4) is 0 Å². The van der Waals surface area contributed by atoms with Gasteiger partial charge in [0.25, 0.3) is 5.91 Å². The summed E-state index contributed by atoms with van der Waals surface area (Å²) in [7, 11) is 0. The van der Waals surface area contributed by atoms with Crippen LogP contribution >= 0.6 is 11.8 Å². The molecule has 1 fully saturated rings. The normalized spacial score (nSPS) is 14.5. The molecule has 1 saturated carbocycles. The maximum atomic E-state index is 12.5. The average Bonchev–Trinajstić information content (AvgIpc) is 3.46. The maximum absolute atomic E-state index is 12.5. The predicted molar refractivity (Wildman–Crippen MR) is 134 cm³/mol. The molecule has 0 saturated heterocycles. The van der Waals surface area contributed by atoms with Crippen molar-refractivity contribution in [2.24, 2.45) is 0 Å². The summed E-state index contributed by atoms with van der Waals surface area (Å²) in [5.41, 5.74) is 4.02. The number of carbonyl (C=O) groups is 1. The largest absolute Gasteiger partial charge is 0.389 e. The van der Waals surface area contributed by atoms with Gasteiger partial charge < -0.3 is 15.7 Å². The Kier molecular flexibility index (Phi) is 6.50. The second-order valence-corrected chi connectivity index (χ2v) is 10.5. The lowest BCUT2D eigenvalue weighted by molar-refractivity contribution is 0.0940. The highest BCUT2D eigenvalue weighted by molar-refractivity contribution is 8.03. The van der Waals surface area contributed by atoms with E-state index in [1.807, 2.05) is 55.6 Å². The van der Waals surface area contributed by atoms with Crippen LogP contribution in [0.15, 0.2) is 46.5 Å². The van der Waals surface area contributed by atoms with Crippen molar-refractivity contribution in [2.45, 2.75) is 64.1 Å². The van der Waals surface area contributed by atoms with E-state index in [-0.39, 0.29) is 5.91 Å². The van der Waals surface area contributed by atoms with Crippen molar-refractivity contribution < 1.29 is 9.90 Å². The number of benzene rings is 1. The van der Waals surface area contributed by atoms with Gasteiger partial charge in [-0.25, -0.2) is 9.50 Å². The number of imidazole rings is 1. The van der Waals surface area contributed by atoms with Crippen molar-refractivity contribution in [3.8, 4) is 11.3 Å². The molecule has 0 radical (unpaired) electrons. The SMILES string of the molecule is CC=C(C)Sc1cc(NCC(C)(C)O)c2ncc(-c3ccc(C(=O)NC4CC4)c(C)c3)n2n1. The molecule has 0 spiro atoms. The molecular formula is C25H31N5O2S. The van der Waals surface area contributed by atoms with Crippen LogP contribution in [0.2, 0.25) is 0 Å². The van der Waals surface area contributed by atoms with Crippen LogP contribution in [-0.2, 0) is 0 Å². The zero-order chi connectivity index (χ0) is 23.8. The predicted octanol–water partition coefficient (Wildman–Crippen LogP) is 4.80. The zero-order valence-electron chi connectivity index (χ0n) is 19.8. The molecule has 1 aliphatic carbocycles. The van der Waals surface area contributed by atoms with Gasteiger partial charge in [-0.2, -0.15) is 5.10 Å². The lowest BCUT2D eigenvalue weighted by Gasteiger charge is -2.19. The summed E-state index contributed by atoms with van der Waals surface area (Å²) in [6.45, 7) is 9.91. The fourth-order valence-corrected chi connectivity index (χ4v) is 4.17. The minimum atomic E-state index is -0.865. The number of allylic oxidation sites excluding steroid dienone is 2. The molecule has 7 nitrogen and oxygen atoms in total. The first-order valence-electron chi connectivity index (χ1n) is 11.2. The van der Waals surface area contributed by atoms with E-state index in [2.05, 4.69) is 15.6 Å². The molecule has 2 heterocycles. The third kappa shape index (κ3) is 5.57. The van der Waals surface area contributed by atoms with E-state index < -0.39 is 5.60 Å². The van der Waals surface area contributed by atoms with Crippen molar-refractivity contribution in [1.29, 1.82) is 0 Å². The lowest BCUT2D eigenvalue weighted by Crippen LogP contribution is -2.29.